The Balaban J connectivity index is 0.000000186. The van der Waals surface area contributed by atoms with Gasteiger partial charge in [0.05, 0.1) is 60.8 Å². The minimum atomic E-state index is -3.64. The third-order valence-corrected chi connectivity index (χ3v) is 17.7. The number of aromatic nitrogens is 6. The molecule has 0 bridgehead atoms. The van der Waals surface area contributed by atoms with E-state index in [1.165, 1.54) is 136 Å². The summed E-state index contributed by atoms with van der Waals surface area (Å²) in [5.74, 6) is 0. The van der Waals surface area contributed by atoms with Crippen LogP contribution in [0.5, 0.6) is 0 Å². The molecule has 126 heavy (non-hydrogen) atoms. The van der Waals surface area contributed by atoms with Gasteiger partial charge < -0.3 is 120 Å². The second kappa shape index (κ2) is 43.7. The molecule has 12 aromatic rings. The average molecular weight is 1790 g/mol. The first kappa shape index (κ1) is 39.4. The zero-order valence-electron chi connectivity index (χ0n) is 133. The Kier molecular flexibility index (Phi) is 13.7. The Bertz CT molecular complexity index is 8910. The number of aromatic amines is 6. The van der Waals surface area contributed by atoms with Crippen LogP contribution in [0.4, 0.5) is 28.8 Å². The summed E-state index contributed by atoms with van der Waals surface area (Å²) < 4.78 is 553. The number of carbonyl (C=O) groups excluding carboxylic acids is 6. The lowest BCUT2D eigenvalue weighted by atomic mass is 10.0. The molecule has 12 heterocycles. The number of cyclic esters (lactones) is 6. The summed E-state index contributed by atoms with van der Waals surface area (Å²) in [6.45, 7) is -45.3. The molecule has 6 amide bonds. The molecule has 0 aliphatic carbocycles. The lowest BCUT2D eigenvalue weighted by Crippen LogP contribution is -2.28. The third-order valence-electron chi connectivity index (χ3n) is 17.7. The first-order chi connectivity index (χ1) is 86.2. The maximum atomic E-state index is 11.7. The molecule has 12 N–H and O–H groups in total. The number of nitrogens with zero attached hydrogens (tertiary/aromatic N) is 6. The third kappa shape index (κ3) is 26.5. The Morgan fingerprint density at radius 2 is 0.579 bits per heavy atom. The van der Waals surface area contributed by atoms with Crippen LogP contribution in [0.2, 0.25) is 8.47 Å². The van der Waals surface area contributed by atoms with Crippen LogP contribution in [0.15, 0.2) is 146 Å². The molecule has 0 spiro atoms. The molecule has 6 aliphatic rings. The number of carbonyl (C=O) groups is 6. The first-order valence-corrected chi connectivity index (χ1v) is 37.4. The number of aryl methyl sites for hydroxylation is 3. The zero-order valence-corrected chi connectivity index (χ0v) is 67.4. The second-order valence-electron chi connectivity index (χ2n) is 27.6. The second-order valence-corrected chi connectivity index (χ2v) is 27.6. The average Bonchev–Trinajstić information content (AvgIpc) is 1.54. The number of benzene rings is 6. The van der Waals surface area contributed by atoms with Crippen molar-refractivity contribution in [1.29, 1.82) is 0 Å². The summed E-state index contributed by atoms with van der Waals surface area (Å²) in [4.78, 5) is 85.4. The summed E-state index contributed by atoms with van der Waals surface area (Å²) in [7, 11) is 8.96. The maximum Gasteiger partial charge on any atom is 0.407 e. The summed E-state index contributed by atoms with van der Waals surface area (Å²) >= 11 is 0. The summed E-state index contributed by atoms with van der Waals surface area (Å²) in [6, 6.07) is 5.11. The lowest BCUT2D eigenvalue weighted by molar-refractivity contribution is 0.176. The number of likely N-dealkylation sites (N-methyl/N-ethyl adjacent to an activating group) is 6. The van der Waals surface area contributed by atoms with Crippen molar-refractivity contribution in [2.45, 2.75) is 113 Å². The molecule has 0 radical (unpaired) electrons. The van der Waals surface area contributed by atoms with E-state index >= 15 is 0 Å². The van der Waals surface area contributed by atoms with E-state index in [1.54, 1.807) is 11.5 Å². The molecule has 0 unspecified atom stereocenters. The molecule has 30 heteroatoms. The Labute approximate surface area is 829 Å². The standard InChI is InChI=1S/6C16H21N3O2/c6*1-19(2)6-5-12-9-17-15-4-3-11(8-14(12)15)7-13-10-21-16(20)18-13/h6*3-4,8-9,13,17H,5-7,10H2,1-2H3,(H,18,20)/t6*13-/m000000/s1/i1D3,2D3,5D2,6D2,7D2,10D2,13D;1D3,5D2,6D2,7D2,10D2,13D;5D2,6D2,7D2,10D2,13D;1D3,2D3,7D2,10D2,13D;1D3,7D2,10D2,13D;7D2,10D2,13D/hD6. The Morgan fingerprint density at radius 1 is 0.317 bits per heavy atom. The minimum Gasteiger partial charge on any atom is -0.447 e. The SMILES string of the molecule is [2H]C([2H])([2H])N(C([2H])([2H])[2H])C([2H])([2H])C([2H])([2H])c1c[nH]c2ccc(C([2H])([2H])[C@]3([2H])NC(=O)OC3([2H])[2H])cc12.[2H]C([2H])([2H])N(C)C([2H])([2H])C([2H])([2H])c1c[nH]c2ccc(C([2H])([2H])[C@]3([2H])NC(=O)OC3([2H])[2H])cc12.[2H]C([2H])(c1c[nH]c2ccc(C([2H])([2H])[C@]3([2H])NC(=O)OC3([2H])[2H])cc12)C([2H])([2H])N(C)C.[2H]N1C(=O)OC([2H])([2H])[C@]1([2H])C([2H])([2H])c1ccc2c(c1)c(CCN(C([2H])([2H])[2H])C([2H])([2H])[2H])cn2[2H].[2H]N1C(=O)OC([2H])([2H])[C@]1([2H])C([2H])([2H])c1ccc2c(c1)c(CCN(C)C([2H])([2H])[2H])cn2[2H].[2H]N1C(=O)OC([2H])([2H])[C@]1([2H])C([2H])([2H])c1ccc2c(c1)c(CCN(C)C)cn2[2H]. The largest absolute Gasteiger partial charge is 0.447 e. The summed E-state index contributed by atoms with van der Waals surface area (Å²) in [5, 5.41) is 6.29. The van der Waals surface area contributed by atoms with Gasteiger partial charge in [-0.3, -0.25) is 0 Å². The van der Waals surface area contributed by atoms with Gasteiger partial charge in [-0.1, -0.05) is 36.4 Å². The van der Waals surface area contributed by atoms with E-state index < -0.39 is 253 Å². The molecular formula is C96H126N18O12. The number of amides is 6. The van der Waals surface area contributed by atoms with E-state index in [4.69, 9.17) is 90.7 Å². The fourth-order valence-electron chi connectivity index (χ4n) is 12.0. The highest BCUT2D eigenvalue weighted by Crippen LogP contribution is 2.29. The number of rotatable bonds is 30. The Hall–Kier alpha value is -12.1. The van der Waals surface area contributed by atoms with E-state index in [-0.39, 0.29) is 117 Å². The van der Waals surface area contributed by atoms with Crippen LogP contribution in [0, 0.1) is 0 Å². The maximum absolute atomic E-state index is 11.7. The molecular weight excluding hydrogens is 1600 g/mol. The van der Waals surface area contributed by atoms with Gasteiger partial charge in [-0.2, -0.15) is 0 Å². The van der Waals surface area contributed by atoms with Gasteiger partial charge >= 0.3 is 36.6 Å². The number of fused-ring (bicyclic) bond motifs is 6. The fraction of sp³-hybridized carbons (Fsp3) is 0.438. The van der Waals surface area contributed by atoms with E-state index in [2.05, 4.69) is 43.4 Å². The van der Waals surface area contributed by atoms with Gasteiger partial charge in [0.1, 0.15) is 39.4 Å². The van der Waals surface area contributed by atoms with Crippen LogP contribution < -0.4 is 31.9 Å². The van der Waals surface area contributed by atoms with E-state index in [0.29, 0.717) is 56.3 Å². The quantitative estimate of drug-likeness (QED) is 0.0186. The van der Waals surface area contributed by atoms with Gasteiger partial charge in [0.25, 0.3) is 0 Å². The van der Waals surface area contributed by atoms with Crippen LogP contribution in [0.25, 0.3) is 65.4 Å². The smallest absolute Gasteiger partial charge is 0.407 e. The molecule has 6 saturated heterocycles. The first-order valence-electron chi connectivity index (χ1n) is 70.1. The molecule has 18 rings (SSSR count). The highest BCUT2D eigenvalue weighted by molar-refractivity contribution is 5.88. The lowest BCUT2D eigenvalue weighted by Gasteiger charge is -2.09. The van der Waals surface area contributed by atoms with Crippen molar-refractivity contribution in [1.82, 2.24) is 91.2 Å². The normalized spacial score (nSPS) is 34.0. The molecule has 6 fully saturated rings. The van der Waals surface area contributed by atoms with E-state index in [1.807, 2.05) is 29.6 Å². The highest BCUT2D eigenvalue weighted by atomic mass is 16.6. The summed E-state index contributed by atoms with van der Waals surface area (Å²) in [5.41, 5.74) is 1.18. The number of alkyl carbamates (subject to hydrolysis) is 6. The van der Waals surface area contributed by atoms with Gasteiger partial charge in [0.15, 0.2) is 8.47 Å². The van der Waals surface area contributed by atoms with E-state index in [9.17, 15) is 28.8 Å². The van der Waals surface area contributed by atoms with Crippen molar-refractivity contribution in [3.05, 3.63) is 213 Å². The van der Waals surface area contributed by atoms with Crippen molar-refractivity contribution in [3.8, 4) is 0 Å². The van der Waals surface area contributed by atoms with Crippen LogP contribution in [-0.4, -0.2) is 295 Å². The van der Waals surface area contributed by atoms with Crippen molar-refractivity contribution in [2.24, 2.45) is 0 Å². The highest BCUT2D eigenvalue weighted by Gasteiger charge is 2.29. The van der Waals surface area contributed by atoms with Crippen LogP contribution >= 0.6 is 0 Å². The molecule has 0 saturated carbocycles. The summed E-state index contributed by atoms with van der Waals surface area (Å²) in [6.07, 6.45) is -25.8. The van der Waals surface area contributed by atoms with Gasteiger partial charge in [-0.25, -0.2) is 28.8 Å². The van der Waals surface area contributed by atoms with Crippen molar-refractivity contribution in [2.75, 3.05) is 163 Å². The van der Waals surface area contributed by atoms with Crippen LogP contribution in [0.1, 0.15) is 149 Å². The molecule has 6 aromatic heterocycles. The molecule has 6 aromatic carbocycles. The van der Waals surface area contributed by atoms with Gasteiger partial charge in [0.2, 0.25) is 0 Å². The van der Waals surface area contributed by atoms with Gasteiger partial charge in [-0.05, 0) is 300 Å². The van der Waals surface area contributed by atoms with E-state index in [0.717, 1.165) is 63.0 Å². The Morgan fingerprint density at radius 3 is 0.857 bits per heavy atom. The molecule has 6 atom stereocenters. The monoisotopic (exact) mass is 1790 g/mol. The zero-order chi connectivity index (χ0) is 147. The van der Waals surface area contributed by atoms with Crippen molar-refractivity contribution < 1.29 is 148 Å². The number of H-pyrrole nitrogens is 6. The molecule has 672 valence electrons. The van der Waals surface area contributed by atoms with Crippen LogP contribution in [-0.2, 0) is 105 Å². The molecule has 30 nitrogen and oxygen atoms in total. The van der Waals surface area contributed by atoms with Gasteiger partial charge in [-0.15, -0.1) is 0 Å². The number of hydrogen-bond acceptors (Lipinski definition) is 18. The number of nitrogens with one attached hydrogen (secondary N) is 12. The van der Waals surface area contributed by atoms with Crippen LogP contribution in [0.3, 0.4) is 0 Å². The molecule has 6 aliphatic heterocycles. The van der Waals surface area contributed by atoms with Crippen molar-refractivity contribution >= 4 is 102 Å². The fourth-order valence-corrected chi connectivity index (χ4v) is 12.0. The van der Waals surface area contributed by atoms with Crippen molar-refractivity contribution in [3.63, 3.8) is 0 Å². The van der Waals surface area contributed by atoms with Gasteiger partial charge in [0, 0.05) is 199 Å². The predicted molar refractivity (Wildman–Crippen MR) is 495 cm³/mol. The minimum absolute atomic E-state index is 0.0152. The topological polar surface area (TPSA) is 344 Å². The number of hydrogen-bond donors (Lipinski definition) is 12. The predicted octanol–water partition coefficient (Wildman–Crippen LogP) is 11.5. The number of ether oxygens (including phenoxy) is 6.